The molecular formula is C12H11NO2. The number of hydrogen-bond donors (Lipinski definition) is 0. The molecule has 76 valence electrons. The maximum atomic E-state index is 11.5. The molecule has 0 aliphatic rings. The number of aldehydes is 1. The number of rotatable bonds is 1. The molecule has 0 amide bonds. The normalized spacial score (nSPS) is 10.5. The molecule has 0 saturated heterocycles. The van der Waals surface area contributed by atoms with Crippen molar-refractivity contribution in [3.63, 3.8) is 0 Å². The molecule has 0 N–H and O–H groups in total. The van der Waals surface area contributed by atoms with E-state index in [-0.39, 0.29) is 5.56 Å². The van der Waals surface area contributed by atoms with Crippen LogP contribution in [-0.4, -0.2) is 10.9 Å². The molecule has 0 aliphatic carbocycles. The Morgan fingerprint density at radius 3 is 2.67 bits per heavy atom. The summed E-state index contributed by atoms with van der Waals surface area (Å²) in [4.78, 5) is 22.3. The predicted molar refractivity (Wildman–Crippen MR) is 59.3 cm³/mol. The van der Waals surface area contributed by atoms with Crippen molar-refractivity contribution in [3.05, 3.63) is 45.7 Å². The minimum atomic E-state index is -0.159. The van der Waals surface area contributed by atoms with Crippen LogP contribution >= 0.6 is 0 Å². The zero-order chi connectivity index (χ0) is 11.0. The molecule has 2 aromatic rings. The molecule has 2 rings (SSSR count). The van der Waals surface area contributed by atoms with Crippen molar-refractivity contribution < 1.29 is 4.79 Å². The second kappa shape index (κ2) is 3.35. The quantitative estimate of drug-likeness (QED) is 0.658. The van der Waals surface area contributed by atoms with Gasteiger partial charge in [0, 0.05) is 24.1 Å². The maximum Gasteiger partial charge on any atom is 0.251 e. The molecule has 0 radical (unpaired) electrons. The average Bonchev–Trinajstić information content (AvgIpc) is 2.23. The van der Waals surface area contributed by atoms with E-state index in [9.17, 15) is 9.59 Å². The summed E-state index contributed by atoms with van der Waals surface area (Å²) in [6, 6.07) is 7.07. The Balaban J connectivity index is 3.03. The van der Waals surface area contributed by atoms with Gasteiger partial charge in [-0.1, -0.05) is 11.6 Å². The van der Waals surface area contributed by atoms with Gasteiger partial charge in [-0.25, -0.2) is 0 Å². The highest BCUT2D eigenvalue weighted by Crippen LogP contribution is 2.16. The summed E-state index contributed by atoms with van der Waals surface area (Å²) in [7, 11) is 1.70. The number of hydrogen-bond acceptors (Lipinski definition) is 2. The largest absolute Gasteiger partial charge is 0.311 e. The first-order valence-electron chi connectivity index (χ1n) is 4.69. The first-order valence-corrected chi connectivity index (χ1v) is 4.69. The van der Waals surface area contributed by atoms with E-state index in [1.165, 1.54) is 6.07 Å². The first-order chi connectivity index (χ1) is 7.13. The summed E-state index contributed by atoms with van der Waals surface area (Å²) in [6.07, 6.45) is 0.725. The third kappa shape index (κ3) is 1.46. The van der Waals surface area contributed by atoms with E-state index in [0.717, 1.165) is 22.8 Å². The van der Waals surface area contributed by atoms with Crippen LogP contribution in [-0.2, 0) is 7.05 Å². The van der Waals surface area contributed by atoms with Crippen LogP contribution in [0.3, 0.4) is 0 Å². The van der Waals surface area contributed by atoms with Gasteiger partial charge in [0.25, 0.3) is 5.56 Å². The van der Waals surface area contributed by atoms with Crippen LogP contribution in [0, 0.1) is 6.92 Å². The minimum Gasteiger partial charge on any atom is -0.311 e. The maximum absolute atomic E-state index is 11.5. The Bertz CT molecular complexity index is 596. The number of carbonyl (C=O) groups is 1. The van der Waals surface area contributed by atoms with E-state index in [4.69, 9.17) is 0 Å². The lowest BCUT2D eigenvalue weighted by atomic mass is 10.1. The SMILES string of the molecule is Cc1ccc2c(c1)c(C=O)cc(=O)n2C. The van der Waals surface area contributed by atoms with Gasteiger partial charge in [0.1, 0.15) is 0 Å². The van der Waals surface area contributed by atoms with E-state index in [0.29, 0.717) is 5.56 Å². The van der Waals surface area contributed by atoms with Gasteiger partial charge in [-0.3, -0.25) is 9.59 Å². The second-order valence-corrected chi connectivity index (χ2v) is 3.64. The van der Waals surface area contributed by atoms with Gasteiger partial charge in [-0.15, -0.1) is 0 Å². The fraction of sp³-hybridized carbons (Fsp3) is 0.167. The molecule has 0 unspecified atom stereocenters. The van der Waals surface area contributed by atoms with Gasteiger partial charge in [0.15, 0.2) is 6.29 Å². The van der Waals surface area contributed by atoms with Gasteiger partial charge >= 0.3 is 0 Å². The summed E-state index contributed by atoms with van der Waals surface area (Å²) in [5.74, 6) is 0. The molecule has 0 fully saturated rings. The average molecular weight is 201 g/mol. The number of pyridine rings is 1. The summed E-state index contributed by atoms with van der Waals surface area (Å²) in [6.45, 7) is 1.96. The van der Waals surface area contributed by atoms with Crippen LogP contribution in [0.2, 0.25) is 0 Å². The molecule has 1 aromatic heterocycles. The van der Waals surface area contributed by atoms with Crippen LogP contribution in [0.1, 0.15) is 15.9 Å². The Morgan fingerprint density at radius 1 is 1.27 bits per heavy atom. The molecule has 15 heavy (non-hydrogen) atoms. The fourth-order valence-electron chi connectivity index (χ4n) is 1.70. The number of aromatic nitrogens is 1. The van der Waals surface area contributed by atoms with E-state index < -0.39 is 0 Å². The predicted octanol–water partition coefficient (Wildman–Crippen LogP) is 1.66. The lowest BCUT2D eigenvalue weighted by Gasteiger charge is -2.07. The Hall–Kier alpha value is -1.90. The van der Waals surface area contributed by atoms with Gasteiger partial charge in [0.2, 0.25) is 0 Å². The van der Waals surface area contributed by atoms with Gasteiger partial charge < -0.3 is 4.57 Å². The highest BCUT2D eigenvalue weighted by molar-refractivity contribution is 5.96. The van der Waals surface area contributed by atoms with Crippen LogP contribution in [0.15, 0.2) is 29.1 Å². The summed E-state index contributed by atoms with van der Waals surface area (Å²) in [5.41, 5.74) is 2.16. The topological polar surface area (TPSA) is 39.1 Å². The standard InChI is InChI=1S/C12H11NO2/c1-8-3-4-11-10(5-8)9(7-14)6-12(15)13(11)2/h3-7H,1-2H3. The fourth-order valence-corrected chi connectivity index (χ4v) is 1.70. The van der Waals surface area contributed by atoms with Crippen LogP contribution in [0.4, 0.5) is 0 Å². The number of aryl methyl sites for hydroxylation is 2. The molecule has 0 bridgehead atoms. The van der Waals surface area contributed by atoms with Gasteiger partial charge in [-0.2, -0.15) is 0 Å². The highest BCUT2D eigenvalue weighted by atomic mass is 16.1. The molecule has 0 aliphatic heterocycles. The van der Waals surface area contributed by atoms with Crippen molar-refractivity contribution in [3.8, 4) is 0 Å². The monoisotopic (exact) mass is 201 g/mol. The molecule has 1 aromatic carbocycles. The van der Waals surface area contributed by atoms with Crippen molar-refractivity contribution in [2.24, 2.45) is 7.05 Å². The summed E-state index contributed by atoms with van der Waals surface area (Å²) >= 11 is 0. The molecule has 1 heterocycles. The second-order valence-electron chi connectivity index (χ2n) is 3.64. The Labute approximate surface area is 87.0 Å². The number of carbonyl (C=O) groups excluding carboxylic acids is 1. The molecule has 0 saturated carbocycles. The Kier molecular flexibility index (Phi) is 2.15. The Morgan fingerprint density at radius 2 is 2.00 bits per heavy atom. The summed E-state index contributed by atoms with van der Waals surface area (Å²) < 4.78 is 1.54. The highest BCUT2D eigenvalue weighted by Gasteiger charge is 2.05. The van der Waals surface area contributed by atoms with E-state index in [2.05, 4.69) is 0 Å². The van der Waals surface area contributed by atoms with E-state index >= 15 is 0 Å². The third-order valence-corrected chi connectivity index (χ3v) is 2.56. The summed E-state index contributed by atoms with van der Waals surface area (Å²) in [5, 5.41) is 0.826. The van der Waals surface area contributed by atoms with Crippen molar-refractivity contribution in [1.82, 2.24) is 4.57 Å². The molecular weight excluding hydrogens is 190 g/mol. The zero-order valence-corrected chi connectivity index (χ0v) is 8.65. The molecule has 3 nitrogen and oxygen atoms in total. The molecule has 3 heteroatoms. The van der Waals surface area contributed by atoms with Crippen LogP contribution in [0.25, 0.3) is 10.9 Å². The van der Waals surface area contributed by atoms with Crippen LogP contribution < -0.4 is 5.56 Å². The first kappa shape index (κ1) is 9.65. The smallest absolute Gasteiger partial charge is 0.251 e. The lowest BCUT2D eigenvalue weighted by Crippen LogP contribution is -2.17. The van der Waals surface area contributed by atoms with E-state index in [1.807, 2.05) is 25.1 Å². The zero-order valence-electron chi connectivity index (χ0n) is 8.65. The number of fused-ring (bicyclic) bond motifs is 1. The van der Waals surface area contributed by atoms with E-state index in [1.54, 1.807) is 11.6 Å². The molecule has 0 atom stereocenters. The van der Waals surface area contributed by atoms with Gasteiger partial charge in [-0.05, 0) is 19.1 Å². The number of benzene rings is 1. The lowest BCUT2D eigenvalue weighted by molar-refractivity contribution is 0.112. The molecule has 0 spiro atoms. The number of nitrogens with zero attached hydrogens (tertiary/aromatic N) is 1. The van der Waals surface area contributed by atoms with Crippen molar-refractivity contribution in [2.45, 2.75) is 6.92 Å². The van der Waals surface area contributed by atoms with Crippen molar-refractivity contribution in [1.29, 1.82) is 0 Å². The van der Waals surface area contributed by atoms with Gasteiger partial charge in [0.05, 0.1) is 5.52 Å². The van der Waals surface area contributed by atoms with Crippen molar-refractivity contribution >= 4 is 17.2 Å². The minimum absolute atomic E-state index is 0.159. The van der Waals surface area contributed by atoms with Crippen molar-refractivity contribution in [2.75, 3.05) is 0 Å². The third-order valence-electron chi connectivity index (χ3n) is 2.56. The van der Waals surface area contributed by atoms with Crippen LogP contribution in [0.5, 0.6) is 0 Å².